The number of anilines is 9. The first kappa shape index (κ1) is 46.2. The smallest absolute Gasteiger partial charge is 0.0490 e. The molecule has 72 heavy (non-hydrogen) atoms. The van der Waals surface area contributed by atoms with Crippen LogP contribution in [0.15, 0.2) is 212 Å². The van der Waals surface area contributed by atoms with E-state index in [1.807, 2.05) is 11.3 Å². The third-order valence-corrected chi connectivity index (χ3v) is 15.3. The molecule has 1 heterocycles. The summed E-state index contributed by atoms with van der Waals surface area (Å²) < 4.78 is 2.63. The van der Waals surface area contributed by atoms with Crippen LogP contribution in [0.1, 0.15) is 44.5 Å². The Morgan fingerprint density at radius 1 is 0.236 bits per heavy atom. The fourth-order valence-corrected chi connectivity index (χ4v) is 11.4. The number of rotatable bonds is 11. The first-order valence-corrected chi connectivity index (χ1v) is 25.8. The average Bonchev–Trinajstić information content (AvgIpc) is 3.74. The maximum atomic E-state index is 2.41. The normalized spacial score (nSPS) is 11.3. The first-order chi connectivity index (χ1) is 34.9. The second kappa shape index (κ2) is 19.2. The molecular formula is C68H59N3S. The molecule has 0 aliphatic heterocycles. The molecule has 0 amide bonds. The molecule has 0 N–H and O–H groups in total. The Hall–Kier alpha value is -8.18. The van der Waals surface area contributed by atoms with Crippen molar-refractivity contribution in [3.05, 3.63) is 257 Å². The zero-order valence-electron chi connectivity index (χ0n) is 42.5. The SMILES string of the molecule is Cc1ccc(N(c2ccc(-c3ccc(N(c4ccc(-c5ccc(N(c6ccc7sc8ccc(C)cc8c7c6)c6ccc(C)cc6C)cc5)cc4)c4ccc(C)cc4C)cc3)cc2)c2ccc(C)cc2C)cc1. The molecule has 0 saturated carbocycles. The number of benzene rings is 10. The van der Waals surface area contributed by atoms with Gasteiger partial charge in [0.2, 0.25) is 0 Å². The Labute approximate surface area is 429 Å². The van der Waals surface area contributed by atoms with E-state index >= 15 is 0 Å². The van der Waals surface area contributed by atoms with Gasteiger partial charge in [0.15, 0.2) is 0 Å². The number of aryl methyl sites for hydroxylation is 8. The summed E-state index contributed by atoms with van der Waals surface area (Å²) in [4.78, 5) is 7.16. The number of thiophene rings is 1. The molecule has 0 unspecified atom stereocenters. The highest BCUT2D eigenvalue weighted by atomic mass is 32.1. The van der Waals surface area contributed by atoms with Crippen molar-refractivity contribution in [2.45, 2.75) is 55.4 Å². The molecule has 3 nitrogen and oxygen atoms in total. The Balaban J connectivity index is 0.891. The third-order valence-electron chi connectivity index (χ3n) is 14.1. The van der Waals surface area contributed by atoms with Gasteiger partial charge in [-0.15, -0.1) is 11.3 Å². The number of hydrogen-bond acceptors (Lipinski definition) is 4. The zero-order valence-corrected chi connectivity index (χ0v) is 43.3. The molecule has 352 valence electrons. The number of fused-ring (bicyclic) bond motifs is 3. The van der Waals surface area contributed by atoms with Crippen molar-refractivity contribution in [1.82, 2.24) is 0 Å². The summed E-state index contributed by atoms with van der Waals surface area (Å²) in [6, 6.07) is 78.8. The van der Waals surface area contributed by atoms with Gasteiger partial charge in [0, 0.05) is 71.4 Å². The van der Waals surface area contributed by atoms with E-state index in [4.69, 9.17) is 0 Å². The van der Waals surface area contributed by atoms with Crippen LogP contribution >= 0.6 is 11.3 Å². The fraction of sp³-hybridized carbons (Fsp3) is 0.118. The van der Waals surface area contributed by atoms with E-state index in [9.17, 15) is 0 Å². The Morgan fingerprint density at radius 2 is 0.500 bits per heavy atom. The van der Waals surface area contributed by atoms with Crippen molar-refractivity contribution in [2.75, 3.05) is 14.7 Å². The minimum absolute atomic E-state index is 1.11. The first-order valence-electron chi connectivity index (χ1n) is 25.0. The van der Waals surface area contributed by atoms with Gasteiger partial charge in [-0.3, -0.25) is 0 Å². The van der Waals surface area contributed by atoms with E-state index in [-0.39, 0.29) is 0 Å². The van der Waals surface area contributed by atoms with E-state index < -0.39 is 0 Å². The largest absolute Gasteiger partial charge is 0.310 e. The maximum Gasteiger partial charge on any atom is 0.0490 e. The van der Waals surface area contributed by atoms with Crippen molar-refractivity contribution in [1.29, 1.82) is 0 Å². The van der Waals surface area contributed by atoms with Crippen LogP contribution in [0, 0.1) is 55.4 Å². The maximum absolute atomic E-state index is 2.41. The molecule has 0 saturated heterocycles. The summed E-state index contributed by atoms with van der Waals surface area (Å²) in [5, 5.41) is 2.62. The second-order valence-corrected chi connectivity index (χ2v) is 20.8. The van der Waals surface area contributed by atoms with E-state index in [1.165, 1.54) is 98.3 Å². The highest BCUT2D eigenvalue weighted by Gasteiger charge is 2.20. The third kappa shape index (κ3) is 9.07. The van der Waals surface area contributed by atoms with Crippen LogP contribution in [0.2, 0.25) is 0 Å². The van der Waals surface area contributed by atoms with Gasteiger partial charge in [-0.2, -0.15) is 0 Å². The van der Waals surface area contributed by atoms with Gasteiger partial charge in [-0.25, -0.2) is 0 Å². The van der Waals surface area contributed by atoms with Gasteiger partial charge in [-0.1, -0.05) is 131 Å². The Morgan fingerprint density at radius 3 is 0.861 bits per heavy atom. The van der Waals surface area contributed by atoms with Crippen molar-refractivity contribution in [3.63, 3.8) is 0 Å². The Kier molecular flexibility index (Phi) is 12.3. The summed E-state index contributed by atoms with van der Waals surface area (Å²) in [5.74, 6) is 0. The lowest BCUT2D eigenvalue weighted by Gasteiger charge is -2.28. The molecule has 0 fully saturated rings. The predicted octanol–water partition coefficient (Wildman–Crippen LogP) is 20.3. The summed E-state index contributed by atoms with van der Waals surface area (Å²) in [7, 11) is 0. The lowest BCUT2D eigenvalue weighted by molar-refractivity contribution is 1.23. The molecule has 11 aromatic rings. The van der Waals surface area contributed by atoms with Crippen molar-refractivity contribution in [3.8, 4) is 22.3 Å². The highest BCUT2D eigenvalue weighted by Crippen LogP contribution is 2.44. The van der Waals surface area contributed by atoms with Crippen molar-refractivity contribution < 1.29 is 0 Å². The molecule has 0 bridgehead atoms. The van der Waals surface area contributed by atoms with Gasteiger partial charge in [0.25, 0.3) is 0 Å². The van der Waals surface area contributed by atoms with Crippen LogP contribution in [0.3, 0.4) is 0 Å². The average molecular weight is 950 g/mol. The van der Waals surface area contributed by atoms with Crippen LogP contribution in [0.4, 0.5) is 51.2 Å². The molecular weight excluding hydrogens is 891 g/mol. The summed E-state index contributed by atoms with van der Waals surface area (Å²) >= 11 is 1.87. The number of hydrogen-bond donors (Lipinski definition) is 0. The molecule has 0 radical (unpaired) electrons. The summed E-state index contributed by atoms with van der Waals surface area (Å²) in [6.07, 6.45) is 0. The zero-order chi connectivity index (χ0) is 49.6. The molecule has 0 atom stereocenters. The quantitative estimate of drug-likeness (QED) is 0.128. The number of nitrogens with zero attached hydrogens (tertiary/aromatic N) is 3. The van der Waals surface area contributed by atoms with Gasteiger partial charge in [-0.05, 0) is 204 Å². The van der Waals surface area contributed by atoms with Crippen LogP contribution in [0.5, 0.6) is 0 Å². The molecule has 10 aromatic carbocycles. The van der Waals surface area contributed by atoms with Gasteiger partial charge in [0.05, 0.1) is 0 Å². The van der Waals surface area contributed by atoms with Crippen LogP contribution < -0.4 is 14.7 Å². The van der Waals surface area contributed by atoms with Crippen molar-refractivity contribution >= 4 is 82.7 Å². The van der Waals surface area contributed by atoms with E-state index in [0.29, 0.717) is 0 Å². The molecule has 11 rings (SSSR count). The molecule has 4 heteroatoms. The Bertz CT molecular complexity index is 3750. The van der Waals surface area contributed by atoms with E-state index in [1.54, 1.807) is 0 Å². The van der Waals surface area contributed by atoms with Crippen molar-refractivity contribution in [2.24, 2.45) is 0 Å². The van der Waals surface area contributed by atoms with E-state index in [2.05, 4.69) is 282 Å². The second-order valence-electron chi connectivity index (χ2n) is 19.7. The minimum Gasteiger partial charge on any atom is -0.310 e. The summed E-state index contributed by atoms with van der Waals surface area (Å²) in [6.45, 7) is 17.4. The van der Waals surface area contributed by atoms with Crippen LogP contribution in [-0.4, -0.2) is 0 Å². The topological polar surface area (TPSA) is 9.72 Å². The van der Waals surface area contributed by atoms with Gasteiger partial charge in [0.1, 0.15) is 0 Å². The minimum atomic E-state index is 1.11. The highest BCUT2D eigenvalue weighted by molar-refractivity contribution is 7.25. The van der Waals surface area contributed by atoms with Gasteiger partial charge < -0.3 is 14.7 Å². The van der Waals surface area contributed by atoms with Crippen LogP contribution in [-0.2, 0) is 0 Å². The molecule has 0 aliphatic carbocycles. The lowest BCUT2D eigenvalue weighted by Crippen LogP contribution is -2.11. The lowest BCUT2D eigenvalue weighted by atomic mass is 10.0. The molecule has 0 spiro atoms. The fourth-order valence-electron chi connectivity index (χ4n) is 10.4. The standard InChI is InChI=1S/C68H59N3S/c1-44-9-23-56(24-10-44)69(64-34-11-45(2)39-49(64)6)57-25-15-52(16-26-57)53-17-27-58(28-18-53)70(65-35-12-46(3)40-50(65)7)59-29-19-54(20-30-59)55-21-31-60(32-22-55)71(66-36-13-47(4)41-51(66)8)61-33-38-68-63(43-61)62-42-48(5)14-37-67(62)72-68/h9-43H,1-8H3. The van der Waals surface area contributed by atoms with Crippen LogP contribution in [0.25, 0.3) is 42.4 Å². The van der Waals surface area contributed by atoms with Gasteiger partial charge >= 0.3 is 0 Å². The summed E-state index contributed by atoms with van der Waals surface area (Å²) in [5.41, 5.74) is 25.0. The molecule has 0 aliphatic rings. The monoisotopic (exact) mass is 949 g/mol. The molecule has 1 aromatic heterocycles. The van der Waals surface area contributed by atoms with E-state index in [0.717, 1.165) is 39.8 Å². The predicted molar refractivity (Wildman–Crippen MR) is 312 cm³/mol.